The maximum Gasteiger partial charge on any atom is 0.110 e. The zero-order chi connectivity index (χ0) is 16.4. The quantitative estimate of drug-likeness (QED) is 0.255. The summed E-state index contributed by atoms with van der Waals surface area (Å²) < 4.78 is 5.23. The summed E-state index contributed by atoms with van der Waals surface area (Å²) >= 11 is 0. The molecule has 0 radical (unpaired) electrons. The van der Waals surface area contributed by atoms with Gasteiger partial charge in [0.15, 0.2) is 0 Å². The number of rotatable bonds is 4. The number of aliphatic hydroxyl groups excluding tert-OH is 7. The molecular formula is C13H25NO8. The van der Waals surface area contributed by atoms with Gasteiger partial charge in [-0.05, 0) is 6.42 Å². The summed E-state index contributed by atoms with van der Waals surface area (Å²) in [7, 11) is 0. The van der Waals surface area contributed by atoms with Crippen molar-refractivity contribution >= 4 is 0 Å². The van der Waals surface area contributed by atoms with Crippen LogP contribution in [0.3, 0.4) is 0 Å². The zero-order valence-corrected chi connectivity index (χ0v) is 12.1. The molecule has 1 saturated carbocycles. The molecule has 0 unspecified atom stereocenters. The first kappa shape index (κ1) is 18.0. The molecule has 8 N–H and O–H groups in total. The highest BCUT2D eigenvalue weighted by molar-refractivity contribution is 4.99. The van der Waals surface area contributed by atoms with Crippen LogP contribution in [0.1, 0.15) is 6.42 Å². The van der Waals surface area contributed by atoms with Crippen LogP contribution in [0.5, 0.6) is 0 Å². The van der Waals surface area contributed by atoms with Crippen LogP contribution in [-0.2, 0) is 4.74 Å². The van der Waals surface area contributed by atoms with E-state index in [0.717, 1.165) is 0 Å². The third kappa shape index (κ3) is 3.42. The molecule has 0 aromatic carbocycles. The topological polar surface area (TPSA) is 163 Å². The average Bonchev–Trinajstić information content (AvgIpc) is 2.52. The van der Waals surface area contributed by atoms with Gasteiger partial charge in [0.1, 0.15) is 24.4 Å². The highest BCUT2D eigenvalue weighted by atomic mass is 16.5. The Morgan fingerprint density at radius 2 is 1.41 bits per heavy atom. The molecule has 9 atom stereocenters. The first-order chi connectivity index (χ1) is 10.4. The number of aliphatic hydroxyl groups is 7. The van der Waals surface area contributed by atoms with Crippen molar-refractivity contribution in [1.82, 2.24) is 5.32 Å². The van der Waals surface area contributed by atoms with E-state index in [0.29, 0.717) is 0 Å². The Kier molecular flexibility index (Phi) is 6.11. The Labute approximate surface area is 127 Å². The Morgan fingerprint density at radius 1 is 0.773 bits per heavy atom. The van der Waals surface area contributed by atoms with Gasteiger partial charge in [0.2, 0.25) is 0 Å². The summed E-state index contributed by atoms with van der Waals surface area (Å²) in [6.45, 7) is -0.758. The molecular weight excluding hydrogens is 298 g/mol. The molecule has 22 heavy (non-hydrogen) atoms. The van der Waals surface area contributed by atoms with Gasteiger partial charge in [-0.3, -0.25) is 0 Å². The van der Waals surface area contributed by atoms with Crippen molar-refractivity contribution in [3.63, 3.8) is 0 Å². The molecule has 1 aliphatic heterocycles. The smallest absolute Gasteiger partial charge is 0.110 e. The lowest BCUT2D eigenvalue weighted by atomic mass is 9.79. The molecule has 0 spiro atoms. The van der Waals surface area contributed by atoms with Crippen molar-refractivity contribution in [2.75, 3.05) is 19.8 Å². The van der Waals surface area contributed by atoms with Crippen LogP contribution in [0.2, 0.25) is 0 Å². The molecule has 1 aliphatic carbocycles. The second kappa shape index (κ2) is 7.47. The van der Waals surface area contributed by atoms with Crippen molar-refractivity contribution in [2.24, 2.45) is 5.92 Å². The fraction of sp³-hybridized carbons (Fsp3) is 1.00. The minimum Gasteiger partial charge on any atom is -0.396 e. The molecule has 9 nitrogen and oxygen atoms in total. The zero-order valence-electron chi connectivity index (χ0n) is 12.1. The average molecular weight is 323 g/mol. The Hall–Kier alpha value is -0.360. The van der Waals surface area contributed by atoms with Crippen LogP contribution in [-0.4, -0.2) is 104 Å². The van der Waals surface area contributed by atoms with Crippen LogP contribution in [0, 0.1) is 5.92 Å². The molecule has 0 amide bonds. The lowest BCUT2D eigenvalue weighted by molar-refractivity contribution is -0.172. The lowest BCUT2D eigenvalue weighted by Crippen LogP contribution is -2.65. The predicted octanol–water partition coefficient (Wildman–Crippen LogP) is -4.48. The van der Waals surface area contributed by atoms with Gasteiger partial charge in [-0.2, -0.15) is 0 Å². The molecule has 0 aromatic rings. The van der Waals surface area contributed by atoms with Gasteiger partial charge >= 0.3 is 0 Å². The van der Waals surface area contributed by atoms with E-state index in [-0.39, 0.29) is 19.6 Å². The van der Waals surface area contributed by atoms with Gasteiger partial charge in [0.25, 0.3) is 0 Å². The lowest BCUT2D eigenvalue weighted by Gasteiger charge is -2.44. The summed E-state index contributed by atoms with van der Waals surface area (Å²) in [5, 5.41) is 70.6. The SMILES string of the molecule is OC[C@H]1C[C@H](N[C@H]2CO[C@H](CO)[C@@H](O)[C@@H]2O)[C@H](O)[C@@H](O)[C@@H]1O. The maximum atomic E-state index is 10.1. The molecule has 1 heterocycles. The number of hydrogen-bond acceptors (Lipinski definition) is 9. The van der Waals surface area contributed by atoms with E-state index < -0.39 is 61.2 Å². The minimum absolute atomic E-state index is 0.00904. The Morgan fingerprint density at radius 3 is 2.00 bits per heavy atom. The summed E-state index contributed by atoms with van der Waals surface area (Å²) in [5.74, 6) is -0.604. The molecule has 2 aliphatic rings. The second-order valence-corrected chi connectivity index (χ2v) is 6.07. The Balaban J connectivity index is 2.00. The summed E-state index contributed by atoms with van der Waals surface area (Å²) in [4.78, 5) is 0. The fourth-order valence-electron chi connectivity index (χ4n) is 3.14. The van der Waals surface area contributed by atoms with E-state index in [2.05, 4.69) is 5.32 Å². The largest absolute Gasteiger partial charge is 0.396 e. The standard InChI is InChI=1S/C13H25NO8/c15-2-5-1-6(10(18)13(21)9(5)17)14-7-4-22-8(3-16)12(20)11(7)19/h5-21H,1-4H2/t5-,6+,7+,8-,9-,10+,11-,12-,13+/m1/s1. The highest BCUT2D eigenvalue weighted by Crippen LogP contribution is 2.27. The van der Waals surface area contributed by atoms with Crippen LogP contribution >= 0.6 is 0 Å². The van der Waals surface area contributed by atoms with Gasteiger partial charge in [0.05, 0.1) is 31.5 Å². The van der Waals surface area contributed by atoms with Gasteiger partial charge in [-0.15, -0.1) is 0 Å². The predicted molar refractivity (Wildman–Crippen MR) is 72.8 cm³/mol. The van der Waals surface area contributed by atoms with Crippen molar-refractivity contribution in [3.05, 3.63) is 0 Å². The highest BCUT2D eigenvalue weighted by Gasteiger charge is 2.45. The van der Waals surface area contributed by atoms with Crippen molar-refractivity contribution in [2.45, 2.75) is 55.1 Å². The van der Waals surface area contributed by atoms with Gasteiger partial charge < -0.3 is 45.8 Å². The van der Waals surface area contributed by atoms with Gasteiger partial charge in [0, 0.05) is 18.6 Å². The Bertz CT molecular complexity index is 357. The summed E-state index contributed by atoms with van der Waals surface area (Å²) in [6, 6.07) is -1.39. The van der Waals surface area contributed by atoms with Crippen molar-refractivity contribution in [1.29, 1.82) is 0 Å². The van der Waals surface area contributed by atoms with Crippen LogP contribution < -0.4 is 5.32 Å². The van der Waals surface area contributed by atoms with E-state index in [1.165, 1.54) is 0 Å². The number of hydrogen-bond donors (Lipinski definition) is 8. The first-order valence-corrected chi connectivity index (χ1v) is 7.40. The fourth-order valence-corrected chi connectivity index (χ4v) is 3.14. The summed E-state index contributed by atoms with van der Waals surface area (Å²) in [5.41, 5.74) is 0. The van der Waals surface area contributed by atoms with Crippen LogP contribution in [0.4, 0.5) is 0 Å². The van der Waals surface area contributed by atoms with E-state index in [1.54, 1.807) is 0 Å². The van der Waals surface area contributed by atoms with Crippen LogP contribution in [0.15, 0.2) is 0 Å². The number of nitrogens with one attached hydrogen (secondary N) is 1. The number of ether oxygens (including phenoxy) is 1. The molecule has 1 saturated heterocycles. The van der Waals surface area contributed by atoms with E-state index >= 15 is 0 Å². The molecule has 0 bridgehead atoms. The third-order valence-corrected chi connectivity index (χ3v) is 4.63. The summed E-state index contributed by atoms with van der Waals surface area (Å²) in [6.07, 6.45) is -7.09. The van der Waals surface area contributed by atoms with Gasteiger partial charge in [-0.1, -0.05) is 0 Å². The normalized spacial score (nSPS) is 50.0. The monoisotopic (exact) mass is 323 g/mol. The molecule has 2 fully saturated rings. The first-order valence-electron chi connectivity index (χ1n) is 7.40. The van der Waals surface area contributed by atoms with Gasteiger partial charge in [-0.25, -0.2) is 0 Å². The van der Waals surface area contributed by atoms with Crippen LogP contribution in [0.25, 0.3) is 0 Å². The molecule has 0 aromatic heterocycles. The molecule has 9 heteroatoms. The molecule has 2 rings (SSSR count). The van der Waals surface area contributed by atoms with E-state index in [4.69, 9.17) is 9.84 Å². The van der Waals surface area contributed by atoms with E-state index in [1.807, 2.05) is 0 Å². The second-order valence-electron chi connectivity index (χ2n) is 6.07. The van der Waals surface area contributed by atoms with Crippen molar-refractivity contribution < 1.29 is 40.5 Å². The van der Waals surface area contributed by atoms with E-state index in [9.17, 15) is 30.6 Å². The molecule has 130 valence electrons. The maximum absolute atomic E-state index is 10.1. The minimum atomic E-state index is -1.42. The van der Waals surface area contributed by atoms with Crippen molar-refractivity contribution in [3.8, 4) is 0 Å². The third-order valence-electron chi connectivity index (χ3n) is 4.63.